The van der Waals surface area contributed by atoms with Gasteiger partial charge >= 0.3 is 0 Å². The quantitative estimate of drug-likeness (QED) is 0.463. The predicted molar refractivity (Wildman–Crippen MR) is 53.3 cm³/mol. The molecule has 1 unspecified atom stereocenters. The summed E-state index contributed by atoms with van der Waals surface area (Å²) >= 11 is 0. The van der Waals surface area contributed by atoms with Crippen molar-refractivity contribution in [1.82, 2.24) is 5.32 Å². The Morgan fingerprint density at radius 3 is 2.92 bits per heavy atom. The van der Waals surface area contributed by atoms with Crippen molar-refractivity contribution in [2.45, 2.75) is 20.0 Å². The number of rotatable bonds is 7. The van der Waals surface area contributed by atoms with Crippen molar-refractivity contribution in [3.8, 4) is 0 Å². The number of nitrogens with one attached hydrogen (secondary N) is 1. The zero-order valence-corrected chi connectivity index (χ0v) is 8.05. The number of ether oxygens (including phenoxy) is 1. The standard InChI is InChI=1S/C10H19NO/c1-4-6-8-12-10(3)9-11-7-5-2/h4-6,10-11H,2,7-9H2,1,3H3. The van der Waals surface area contributed by atoms with E-state index in [-0.39, 0.29) is 6.10 Å². The Morgan fingerprint density at radius 2 is 2.33 bits per heavy atom. The highest BCUT2D eigenvalue weighted by molar-refractivity contribution is 4.77. The molecule has 0 saturated carbocycles. The van der Waals surface area contributed by atoms with Gasteiger partial charge in [0.15, 0.2) is 0 Å². The molecule has 2 nitrogen and oxygen atoms in total. The van der Waals surface area contributed by atoms with Gasteiger partial charge in [-0.3, -0.25) is 0 Å². The first kappa shape index (κ1) is 11.4. The average molecular weight is 169 g/mol. The number of allylic oxidation sites excluding steroid dienone is 1. The molecule has 0 amide bonds. The Bertz CT molecular complexity index is 132. The molecule has 12 heavy (non-hydrogen) atoms. The molecule has 0 spiro atoms. The van der Waals surface area contributed by atoms with Gasteiger partial charge in [0.2, 0.25) is 0 Å². The van der Waals surface area contributed by atoms with Crippen LogP contribution in [0.3, 0.4) is 0 Å². The highest BCUT2D eigenvalue weighted by Gasteiger charge is 1.97. The highest BCUT2D eigenvalue weighted by atomic mass is 16.5. The van der Waals surface area contributed by atoms with Crippen LogP contribution in [0.25, 0.3) is 0 Å². The third-order valence-electron chi connectivity index (χ3n) is 1.43. The molecule has 0 aliphatic carbocycles. The molecule has 2 heteroatoms. The van der Waals surface area contributed by atoms with Crippen molar-refractivity contribution in [3.63, 3.8) is 0 Å². The third kappa shape index (κ3) is 7.51. The monoisotopic (exact) mass is 169 g/mol. The van der Waals surface area contributed by atoms with Gasteiger partial charge in [0.25, 0.3) is 0 Å². The molecule has 0 heterocycles. The van der Waals surface area contributed by atoms with Crippen molar-refractivity contribution < 1.29 is 4.74 Å². The average Bonchev–Trinajstić information content (AvgIpc) is 2.06. The van der Waals surface area contributed by atoms with Gasteiger partial charge in [0.05, 0.1) is 12.7 Å². The molecule has 0 aromatic carbocycles. The van der Waals surface area contributed by atoms with E-state index in [1.807, 2.05) is 25.2 Å². The van der Waals surface area contributed by atoms with Crippen LogP contribution in [0.2, 0.25) is 0 Å². The lowest BCUT2D eigenvalue weighted by Crippen LogP contribution is -2.26. The smallest absolute Gasteiger partial charge is 0.0675 e. The lowest BCUT2D eigenvalue weighted by atomic mass is 10.4. The summed E-state index contributed by atoms with van der Waals surface area (Å²) < 4.78 is 5.45. The molecule has 0 bridgehead atoms. The molecule has 0 aromatic heterocycles. The SMILES string of the molecule is C=CCNCC(C)OCC=CC. The molecular formula is C10H19NO. The molecule has 0 aliphatic heterocycles. The molecule has 70 valence electrons. The molecule has 0 aromatic rings. The second-order valence-corrected chi connectivity index (χ2v) is 2.66. The Morgan fingerprint density at radius 1 is 1.58 bits per heavy atom. The van der Waals surface area contributed by atoms with Gasteiger partial charge in [-0.05, 0) is 13.8 Å². The van der Waals surface area contributed by atoms with Crippen LogP contribution in [0.4, 0.5) is 0 Å². The highest BCUT2D eigenvalue weighted by Crippen LogP contribution is 1.88. The minimum atomic E-state index is 0.265. The van der Waals surface area contributed by atoms with Gasteiger partial charge in [-0.1, -0.05) is 18.2 Å². The Labute approximate surface area is 75.3 Å². The largest absolute Gasteiger partial charge is 0.373 e. The number of hydrogen-bond acceptors (Lipinski definition) is 2. The van der Waals surface area contributed by atoms with E-state index in [0.29, 0.717) is 6.61 Å². The summed E-state index contributed by atoms with van der Waals surface area (Å²) in [5, 5.41) is 3.19. The van der Waals surface area contributed by atoms with E-state index in [1.54, 1.807) is 0 Å². The summed E-state index contributed by atoms with van der Waals surface area (Å²) in [5.74, 6) is 0. The maximum atomic E-state index is 5.45. The fraction of sp³-hybridized carbons (Fsp3) is 0.600. The van der Waals surface area contributed by atoms with Gasteiger partial charge in [-0.2, -0.15) is 0 Å². The molecule has 0 rings (SSSR count). The third-order valence-corrected chi connectivity index (χ3v) is 1.43. The fourth-order valence-electron chi connectivity index (χ4n) is 0.764. The second kappa shape index (κ2) is 8.50. The lowest BCUT2D eigenvalue weighted by Gasteiger charge is -2.11. The van der Waals surface area contributed by atoms with Crippen LogP contribution in [0.15, 0.2) is 24.8 Å². The zero-order valence-electron chi connectivity index (χ0n) is 8.05. The molecule has 0 fully saturated rings. The summed E-state index contributed by atoms with van der Waals surface area (Å²) in [6.07, 6.45) is 6.10. The fourth-order valence-corrected chi connectivity index (χ4v) is 0.764. The van der Waals surface area contributed by atoms with Crippen molar-refractivity contribution in [1.29, 1.82) is 0 Å². The van der Waals surface area contributed by atoms with Gasteiger partial charge in [-0.15, -0.1) is 6.58 Å². The zero-order chi connectivity index (χ0) is 9.23. The molecule has 0 aliphatic rings. The van der Waals surface area contributed by atoms with Crippen molar-refractivity contribution >= 4 is 0 Å². The normalized spacial score (nSPS) is 13.5. The van der Waals surface area contributed by atoms with Crippen LogP contribution in [0.1, 0.15) is 13.8 Å². The summed E-state index contributed by atoms with van der Waals surface area (Å²) in [4.78, 5) is 0. The number of hydrogen-bond donors (Lipinski definition) is 1. The Hall–Kier alpha value is -0.600. The summed E-state index contributed by atoms with van der Waals surface area (Å²) in [5.41, 5.74) is 0. The van der Waals surface area contributed by atoms with E-state index >= 15 is 0 Å². The van der Waals surface area contributed by atoms with Crippen LogP contribution >= 0.6 is 0 Å². The molecule has 1 atom stereocenters. The van der Waals surface area contributed by atoms with Crippen molar-refractivity contribution in [3.05, 3.63) is 24.8 Å². The van der Waals surface area contributed by atoms with E-state index in [2.05, 4.69) is 18.8 Å². The molecule has 1 N–H and O–H groups in total. The minimum absolute atomic E-state index is 0.265. The van der Waals surface area contributed by atoms with Crippen LogP contribution in [0.5, 0.6) is 0 Å². The van der Waals surface area contributed by atoms with Crippen LogP contribution in [-0.4, -0.2) is 25.8 Å². The first-order valence-corrected chi connectivity index (χ1v) is 4.35. The summed E-state index contributed by atoms with van der Waals surface area (Å²) in [7, 11) is 0. The Kier molecular flexibility index (Phi) is 8.07. The van der Waals surface area contributed by atoms with E-state index in [9.17, 15) is 0 Å². The van der Waals surface area contributed by atoms with E-state index in [0.717, 1.165) is 13.1 Å². The Balaban J connectivity index is 3.20. The lowest BCUT2D eigenvalue weighted by molar-refractivity contribution is 0.0886. The van der Waals surface area contributed by atoms with Gasteiger partial charge in [0, 0.05) is 13.1 Å². The summed E-state index contributed by atoms with van der Waals surface area (Å²) in [6, 6.07) is 0. The van der Waals surface area contributed by atoms with Crippen LogP contribution in [0, 0.1) is 0 Å². The first-order chi connectivity index (χ1) is 5.81. The molecule has 0 saturated heterocycles. The maximum absolute atomic E-state index is 5.45. The van der Waals surface area contributed by atoms with Gasteiger partial charge in [0.1, 0.15) is 0 Å². The maximum Gasteiger partial charge on any atom is 0.0675 e. The van der Waals surface area contributed by atoms with E-state index in [4.69, 9.17) is 4.74 Å². The summed E-state index contributed by atoms with van der Waals surface area (Å²) in [6.45, 7) is 10.1. The predicted octanol–water partition coefficient (Wildman–Crippen LogP) is 1.74. The van der Waals surface area contributed by atoms with Crippen LogP contribution < -0.4 is 5.32 Å². The minimum Gasteiger partial charge on any atom is -0.373 e. The van der Waals surface area contributed by atoms with Gasteiger partial charge in [-0.25, -0.2) is 0 Å². The van der Waals surface area contributed by atoms with E-state index in [1.165, 1.54) is 0 Å². The topological polar surface area (TPSA) is 21.3 Å². The van der Waals surface area contributed by atoms with Crippen molar-refractivity contribution in [2.24, 2.45) is 0 Å². The van der Waals surface area contributed by atoms with Crippen molar-refractivity contribution in [2.75, 3.05) is 19.7 Å². The second-order valence-electron chi connectivity index (χ2n) is 2.66. The molecule has 0 radical (unpaired) electrons. The van der Waals surface area contributed by atoms with Crippen LogP contribution in [-0.2, 0) is 4.74 Å². The first-order valence-electron chi connectivity index (χ1n) is 4.35. The van der Waals surface area contributed by atoms with E-state index < -0.39 is 0 Å². The molecular weight excluding hydrogens is 150 g/mol. The van der Waals surface area contributed by atoms with Gasteiger partial charge < -0.3 is 10.1 Å².